The molecule has 0 aliphatic heterocycles. The summed E-state index contributed by atoms with van der Waals surface area (Å²) in [6, 6.07) is 8.93. The molecule has 0 radical (unpaired) electrons. The van der Waals surface area contributed by atoms with E-state index in [4.69, 9.17) is 17.3 Å². The molecule has 0 amide bonds. The van der Waals surface area contributed by atoms with Crippen LogP contribution in [0.5, 0.6) is 0 Å². The smallest absolute Gasteiger partial charge is 0.198 e. The van der Waals surface area contributed by atoms with Crippen LogP contribution < -0.4 is 0 Å². The molecule has 0 N–H and O–H groups in total. The number of hydrogen-bond donors (Lipinski definition) is 0. The Hall–Kier alpha value is -1.46. The van der Waals surface area contributed by atoms with Gasteiger partial charge in [-0.2, -0.15) is 5.10 Å². The van der Waals surface area contributed by atoms with Crippen molar-refractivity contribution in [2.24, 2.45) is 7.05 Å². The van der Waals surface area contributed by atoms with Gasteiger partial charge in [-0.1, -0.05) is 45.0 Å². The van der Waals surface area contributed by atoms with Gasteiger partial charge < -0.3 is 4.57 Å². The van der Waals surface area contributed by atoms with Crippen molar-refractivity contribution in [3.8, 4) is 0 Å². The average molecular weight is 345 g/mol. The Bertz CT molecular complexity index is 760. The third-order valence-electron chi connectivity index (χ3n) is 4.66. The number of aromatic nitrogens is 3. The van der Waals surface area contributed by atoms with E-state index in [1.165, 1.54) is 24.0 Å². The second-order valence-corrected chi connectivity index (χ2v) is 8.44. The molecule has 1 aromatic carbocycles. The lowest BCUT2D eigenvalue weighted by molar-refractivity contribution is 0.243. The van der Waals surface area contributed by atoms with E-state index in [-0.39, 0.29) is 5.41 Å². The van der Waals surface area contributed by atoms with E-state index >= 15 is 0 Å². The van der Waals surface area contributed by atoms with E-state index in [9.17, 15) is 0 Å². The summed E-state index contributed by atoms with van der Waals surface area (Å²) in [5.74, 6) is 1.76. The Labute approximate surface area is 150 Å². The minimum Gasteiger partial charge on any atom is -0.307 e. The van der Waals surface area contributed by atoms with Gasteiger partial charge in [0, 0.05) is 19.5 Å². The standard InChI is InChI=1S/C19H28N4S/c1-19(2,3)16-10-6-14(7-11-16)12-21(4)13-23-18(24)22(5)17(20-23)15-8-9-15/h6-7,10-11,15H,8-9,12-13H2,1-5H3. The fraction of sp³-hybridized carbons (Fsp3) is 0.579. The lowest BCUT2D eigenvalue weighted by atomic mass is 9.87. The molecule has 1 heterocycles. The zero-order valence-electron chi connectivity index (χ0n) is 15.4. The lowest BCUT2D eigenvalue weighted by Gasteiger charge is -2.20. The predicted octanol–water partition coefficient (Wildman–Crippen LogP) is 4.22. The molecule has 2 aromatic rings. The molecule has 0 bridgehead atoms. The Morgan fingerprint density at radius 1 is 1.21 bits per heavy atom. The van der Waals surface area contributed by atoms with Crippen LogP contribution in [0.25, 0.3) is 0 Å². The molecule has 1 aliphatic rings. The summed E-state index contributed by atoms with van der Waals surface area (Å²) in [7, 11) is 4.15. The van der Waals surface area contributed by atoms with Gasteiger partial charge in [0.2, 0.25) is 0 Å². The molecule has 3 rings (SSSR count). The highest BCUT2D eigenvalue weighted by Crippen LogP contribution is 2.38. The van der Waals surface area contributed by atoms with Gasteiger partial charge in [0.05, 0.1) is 6.67 Å². The second kappa shape index (κ2) is 6.45. The number of benzene rings is 1. The summed E-state index contributed by atoms with van der Waals surface area (Å²) in [5, 5.41) is 4.73. The molecule has 24 heavy (non-hydrogen) atoms. The minimum atomic E-state index is 0.199. The third kappa shape index (κ3) is 3.78. The molecule has 1 aromatic heterocycles. The summed E-state index contributed by atoms with van der Waals surface area (Å²) < 4.78 is 4.83. The molecule has 1 aliphatic carbocycles. The largest absolute Gasteiger partial charge is 0.307 e. The van der Waals surface area contributed by atoms with Crippen molar-refractivity contribution in [1.29, 1.82) is 0 Å². The molecule has 130 valence electrons. The SMILES string of the molecule is CN(Cc1ccc(C(C)(C)C)cc1)Cn1nc(C2CC2)n(C)c1=S. The van der Waals surface area contributed by atoms with Crippen molar-refractivity contribution < 1.29 is 0 Å². The van der Waals surface area contributed by atoms with Crippen LogP contribution in [0.15, 0.2) is 24.3 Å². The highest BCUT2D eigenvalue weighted by molar-refractivity contribution is 7.71. The van der Waals surface area contributed by atoms with Crippen LogP contribution in [-0.2, 0) is 25.7 Å². The van der Waals surface area contributed by atoms with Crippen LogP contribution in [0.4, 0.5) is 0 Å². The Morgan fingerprint density at radius 2 is 1.83 bits per heavy atom. The van der Waals surface area contributed by atoms with Crippen molar-refractivity contribution in [1.82, 2.24) is 19.2 Å². The first-order valence-electron chi connectivity index (χ1n) is 8.67. The highest BCUT2D eigenvalue weighted by Gasteiger charge is 2.29. The van der Waals surface area contributed by atoms with Gasteiger partial charge in [0.15, 0.2) is 4.77 Å². The zero-order chi connectivity index (χ0) is 17.5. The fourth-order valence-corrected chi connectivity index (χ4v) is 3.19. The van der Waals surface area contributed by atoms with Crippen LogP contribution in [-0.4, -0.2) is 26.3 Å². The first-order valence-corrected chi connectivity index (χ1v) is 9.08. The van der Waals surface area contributed by atoms with Crippen molar-refractivity contribution in [2.45, 2.75) is 58.2 Å². The van der Waals surface area contributed by atoms with Gasteiger partial charge in [-0.25, -0.2) is 4.68 Å². The summed E-state index contributed by atoms with van der Waals surface area (Å²) in [6.45, 7) is 8.35. The Balaban J connectivity index is 1.66. The van der Waals surface area contributed by atoms with Crippen molar-refractivity contribution in [3.63, 3.8) is 0 Å². The second-order valence-electron chi connectivity index (χ2n) is 8.08. The van der Waals surface area contributed by atoms with Gasteiger partial charge in [-0.05, 0) is 48.6 Å². The number of rotatable bonds is 5. The number of hydrogen-bond acceptors (Lipinski definition) is 3. The van der Waals surface area contributed by atoms with Gasteiger partial charge in [-0.15, -0.1) is 0 Å². The van der Waals surface area contributed by atoms with Gasteiger partial charge in [0.1, 0.15) is 5.82 Å². The molecule has 0 saturated heterocycles. The topological polar surface area (TPSA) is 26.0 Å². The van der Waals surface area contributed by atoms with Gasteiger partial charge in [-0.3, -0.25) is 4.90 Å². The van der Waals surface area contributed by atoms with Crippen LogP contribution >= 0.6 is 12.2 Å². The maximum Gasteiger partial charge on any atom is 0.198 e. The summed E-state index contributed by atoms with van der Waals surface area (Å²) in [6.07, 6.45) is 2.49. The molecule has 0 atom stereocenters. The van der Waals surface area contributed by atoms with E-state index in [0.717, 1.165) is 23.8 Å². The predicted molar refractivity (Wildman–Crippen MR) is 101 cm³/mol. The summed E-state index contributed by atoms with van der Waals surface area (Å²) in [4.78, 5) is 2.26. The van der Waals surface area contributed by atoms with Crippen LogP contribution in [0.1, 0.15) is 56.5 Å². The average Bonchev–Trinajstić information content (AvgIpc) is 3.30. The van der Waals surface area contributed by atoms with E-state index in [1.54, 1.807) is 0 Å². The molecule has 0 spiro atoms. The molecule has 5 heteroatoms. The van der Waals surface area contributed by atoms with Gasteiger partial charge in [0.25, 0.3) is 0 Å². The molecule has 1 saturated carbocycles. The normalized spacial score (nSPS) is 15.2. The minimum absolute atomic E-state index is 0.199. The molecular formula is C19H28N4S. The quantitative estimate of drug-likeness (QED) is 0.760. The van der Waals surface area contributed by atoms with E-state index < -0.39 is 0 Å². The van der Waals surface area contributed by atoms with Crippen LogP contribution in [0, 0.1) is 4.77 Å². The Kier molecular flexibility index (Phi) is 4.67. The molecule has 0 unspecified atom stereocenters. The van der Waals surface area contributed by atoms with Crippen LogP contribution in [0.3, 0.4) is 0 Å². The van der Waals surface area contributed by atoms with Gasteiger partial charge >= 0.3 is 0 Å². The third-order valence-corrected chi connectivity index (χ3v) is 5.15. The summed E-state index contributed by atoms with van der Waals surface area (Å²) >= 11 is 5.54. The maximum absolute atomic E-state index is 5.54. The highest BCUT2D eigenvalue weighted by atomic mass is 32.1. The van der Waals surface area contributed by atoms with E-state index in [1.807, 2.05) is 11.7 Å². The zero-order valence-corrected chi connectivity index (χ0v) is 16.2. The van der Waals surface area contributed by atoms with Crippen LogP contribution in [0.2, 0.25) is 0 Å². The lowest BCUT2D eigenvalue weighted by Crippen LogP contribution is -2.22. The molecular weight excluding hydrogens is 316 g/mol. The fourth-order valence-electron chi connectivity index (χ4n) is 2.99. The summed E-state index contributed by atoms with van der Waals surface area (Å²) in [5.41, 5.74) is 2.88. The van der Waals surface area contributed by atoms with Crippen molar-refractivity contribution >= 4 is 12.2 Å². The van der Waals surface area contributed by atoms with Crippen molar-refractivity contribution in [3.05, 3.63) is 46.0 Å². The maximum atomic E-state index is 5.54. The Morgan fingerprint density at radius 3 is 2.38 bits per heavy atom. The molecule has 4 nitrogen and oxygen atoms in total. The monoisotopic (exact) mass is 344 g/mol. The first kappa shape index (κ1) is 17.4. The molecule has 1 fully saturated rings. The van der Waals surface area contributed by atoms with Crippen molar-refractivity contribution in [2.75, 3.05) is 7.05 Å². The first-order chi connectivity index (χ1) is 11.3. The van der Waals surface area contributed by atoms with E-state index in [2.05, 4.69) is 61.6 Å². The number of nitrogens with zero attached hydrogens (tertiary/aromatic N) is 4. The van der Waals surface area contributed by atoms with E-state index in [0.29, 0.717) is 5.92 Å².